The van der Waals surface area contributed by atoms with Gasteiger partial charge in [0.05, 0.1) is 11.4 Å². The summed E-state index contributed by atoms with van der Waals surface area (Å²) in [6, 6.07) is 10.3. The lowest BCUT2D eigenvalue weighted by molar-refractivity contribution is 0.697. The highest BCUT2D eigenvalue weighted by Gasteiger charge is 2.22. The molecule has 1 N–H and O–H groups in total. The second-order valence-electron chi connectivity index (χ2n) is 6.81. The summed E-state index contributed by atoms with van der Waals surface area (Å²) in [7, 11) is 0. The summed E-state index contributed by atoms with van der Waals surface area (Å²) in [6.45, 7) is 6.36. The number of allylic oxidation sites excluding steroid dienone is 1. The Hall–Kier alpha value is -2.40. The van der Waals surface area contributed by atoms with Crippen molar-refractivity contribution in [1.29, 1.82) is 0 Å². The van der Waals surface area contributed by atoms with Crippen molar-refractivity contribution < 1.29 is 0 Å². The molecule has 1 aromatic carbocycles. The minimum absolute atomic E-state index is 0.0528. The van der Waals surface area contributed by atoms with Crippen LogP contribution in [-0.4, -0.2) is 9.55 Å². The van der Waals surface area contributed by atoms with Crippen molar-refractivity contribution in [3.8, 4) is 0 Å². The fourth-order valence-corrected chi connectivity index (χ4v) is 4.92. The van der Waals surface area contributed by atoms with Gasteiger partial charge < -0.3 is 5.32 Å². The summed E-state index contributed by atoms with van der Waals surface area (Å²) in [5.41, 5.74) is 2.45. The van der Waals surface area contributed by atoms with Crippen LogP contribution >= 0.6 is 11.3 Å². The predicted molar refractivity (Wildman–Crippen MR) is 109 cm³/mol. The number of hydrogen-bond donors (Lipinski definition) is 1. The zero-order valence-electron chi connectivity index (χ0n) is 15.0. The fraction of sp³-hybridized carbons (Fsp3) is 0.333. The lowest BCUT2D eigenvalue weighted by atomic mass is 9.97. The molecule has 4 rings (SSSR count). The molecule has 1 unspecified atom stereocenters. The third-order valence-corrected chi connectivity index (χ3v) is 6.22. The van der Waals surface area contributed by atoms with Gasteiger partial charge in [-0.15, -0.1) is 17.9 Å². The highest BCUT2D eigenvalue weighted by molar-refractivity contribution is 7.18. The first-order chi connectivity index (χ1) is 12.7. The van der Waals surface area contributed by atoms with E-state index in [4.69, 9.17) is 4.98 Å². The molecule has 0 radical (unpaired) electrons. The summed E-state index contributed by atoms with van der Waals surface area (Å²) in [5, 5.41) is 4.26. The van der Waals surface area contributed by atoms with Crippen LogP contribution in [0.3, 0.4) is 0 Å². The number of hydrogen-bond acceptors (Lipinski definition) is 4. The number of aromatic nitrogens is 2. The lowest BCUT2D eigenvalue weighted by Crippen LogP contribution is -2.26. The van der Waals surface area contributed by atoms with Crippen LogP contribution in [0.2, 0.25) is 0 Å². The van der Waals surface area contributed by atoms with E-state index in [1.54, 1.807) is 22.0 Å². The largest absolute Gasteiger partial charge is 0.349 e. The van der Waals surface area contributed by atoms with Gasteiger partial charge >= 0.3 is 0 Å². The lowest BCUT2D eigenvalue weighted by Gasteiger charge is -2.18. The van der Waals surface area contributed by atoms with Crippen molar-refractivity contribution >= 4 is 27.5 Å². The average molecular weight is 366 g/mol. The van der Waals surface area contributed by atoms with Gasteiger partial charge in [0, 0.05) is 11.4 Å². The van der Waals surface area contributed by atoms with Crippen molar-refractivity contribution in [3.63, 3.8) is 0 Å². The van der Waals surface area contributed by atoms with E-state index in [0.29, 0.717) is 12.5 Å². The Labute approximate surface area is 157 Å². The number of anilines is 1. The molecule has 1 aliphatic carbocycles. The number of nitrogens with one attached hydrogen (secondary N) is 1. The second kappa shape index (κ2) is 7.08. The molecule has 0 amide bonds. The molecule has 2 heterocycles. The summed E-state index contributed by atoms with van der Waals surface area (Å²) in [6.07, 6.45) is 6.18. The van der Waals surface area contributed by atoms with Gasteiger partial charge in [-0.1, -0.05) is 36.4 Å². The van der Waals surface area contributed by atoms with Gasteiger partial charge in [0.15, 0.2) is 0 Å². The molecular formula is C21H23N3OS. The Morgan fingerprint density at radius 2 is 2.08 bits per heavy atom. The van der Waals surface area contributed by atoms with Crippen molar-refractivity contribution in [2.24, 2.45) is 0 Å². The van der Waals surface area contributed by atoms with E-state index in [1.807, 2.05) is 18.2 Å². The number of fused-ring (bicyclic) bond motifs is 3. The van der Waals surface area contributed by atoms with Gasteiger partial charge in [-0.05, 0) is 43.7 Å². The first-order valence-electron chi connectivity index (χ1n) is 9.16. The van der Waals surface area contributed by atoms with Crippen LogP contribution in [-0.2, 0) is 19.4 Å². The number of benzene rings is 1. The number of aryl methyl sites for hydroxylation is 2. The minimum Gasteiger partial charge on any atom is -0.349 e. The monoisotopic (exact) mass is 365 g/mol. The molecule has 134 valence electrons. The molecule has 26 heavy (non-hydrogen) atoms. The van der Waals surface area contributed by atoms with Crippen LogP contribution < -0.4 is 10.9 Å². The van der Waals surface area contributed by atoms with E-state index in [1.165, 1.54) is 16.9 Å². The van der Waals surface area contributed by atoms with Crippen LogP contribution in [0.5, 0.6) is 0 Å². The molecule has 0 fully saturated rings. The maximum atomic E-state index is 13.2. The van der Waals surface area contributed by atoms with E-state index < -0.39 is 0 Å². The third kappa shape index (κ3) is 2.97. The van der Waals surface area contributed by atoms with Crippen LogP contribution in [0.1, 0.15) is 41.8 Å². The van der Waals surface area contributed by atoms with Crippen molar-refractivity contribution in [2.45, 2.75) is 45.2 Å². The smallest absolute Gasteiger partial charge is 0.264 e. The summed E-state index contributed by atoms with van der Waals surface area (Å²) < 4.78 is 1.72. The van der Waals surface area contributed by atoms with Gasteiger partial charge in [-0.3, -0.25) is 9.36 Å². The molecule has 0 saturated carbocycles. The van der Waals surface area contributed by atoms with E-state index in [0.717, 1.165) is 35.0 Å². The number of rotatable bonds is 5. The van der Waals surface area contributed by atoms with E-state index in [9.17, 15) is 4.79 Å². The van der Waals surface area contributed by atoms with Crippen LogP contribution in [0.25, 0.3) is 10.2 Å². The van der Waals surface area contributed by atoms with Crippen molar-refractivity contribution in [3.05, 3.63) is 69.3 Å². The Morgan fingerprint density at radius 1 is 1.31 bits per heavy atom. The Balaban J connectivity index is 1.82. The van der Waals surface area contributed by atoms with E-state index in [-0.39, 0.29) is 11.6 Å². The average Bonchev–Trinajstić information content (AvgIpc) is 3.04. The summed E-state index contributed by atoms with van der Waals surface area (Å²) in [5.74, 6) is 0.623. The molecule has 5 heteroatoms. The first kappa shape index (κ1) is 17.0. The molecule has 4 nitrogen and oxygen atoms in total. The first-order valence-corrected chi connectivity index (χ1v) is 9.98. The zero-order chi connectivity index (χ0) is 18.1. The van der Waals surface area contributed by atoms with Crippen LogP contribution in [0.15, 0.2) is 47.8 Å². The normalized spacial score (nSPS) is 14.8. The van der Waals surface area contributed by atoms with Gasteiger partial charge in [-0.25, -0.2) is 4.98 Å². The van der Waals surface area contributed by atoms with Crippen molar-refractivity contribution in [1.82, 2.24) is 9.55 Å². The SMILES string of the molecule is C=CCn1c(NC(C)c2ccccc2)nc2sc3c(c2c1=O)CCCC3. The summed E-state index contributed by atoms with van der Waals surface area (Å²) >= 11 is 1.69. The van der Waals surface area contributed by atoms with Gasteiger partial charge in [0.25, 0.3) is 5.56 Å². The maximum absolute atomic E-state index is 13.2. The standard InChI is InChI=1S/C21H23N3OS/c1-3-13-24-20(25)18-16-11-7-8-12-17(16)26-19(18)23-21(24)22-14(2)15-9-5-4-6-10-15/h3-6,9-10,14H,1,7-8,11-13H2,2H3,(H,22,23). The molecule has 0 spiro atoms. The molecular weight excluding hydrogens is 342 g/mol. The summed E-state index contributed by atoms with van der Waals surface area (Å²) in [4.78, 5) is 20.3. The molecule has 0 aliphatic heterocycles. The van der Waals surface area contributed by atoms with Crippen LogP contribution in [0.4, 0.5) is 5.95 Å². The molecule has 2 aromatic heterocycles. The third-order valence-electron chi connectivity index (χ3n) is 5.03. The molecule has 1 aliphatic rings. The quantitative estimate of drug-likeness (QED) is 0.667. The molecule has 0 bridgehead atoms. The topological polar surface area (TPSA) is 46.9 Å². The van der Waals surface area contributed by atoms with Gasteiger partial charge in [0.1, 0.15) is 4.83 Å². The molecule has 1 atom stereocenters. The van der Waals surface area contributed by atoms with E-state index in [2.05, 4.69) is 31.0 Å². The second-order valence-corrected chi connectivity index (χ2v) is 7.89. The zero-order valence-corrected chi connectivity index (χ0v) is 15.8. The van der Waals surface area contributed by atoms with E-state index >= 15 is 0 Å². The highest BCUT2D eigenvalue weighted by atomic mass is 32.1. The Morgan fingerprint density at radius 3 is 2.85 bits per heavy atom. The minimum atomic E-state index is 0.0528. The number of nitrogens with zero attached hydrogens (tertiary/aromatic N) is 2. The molecule has 0 saturated heterocycles. The fourth-order valence-electron chi connectivity index (χ4n) is 3.67. The maximum Gasteiger partial charge on any atom is 0.264 e. The molecule has 3 aromatic rings. The van der Waals surface area contributed by atoms with Gasteiger partial charge in [-0.2, -0.15) is 0 Å². The Bertz CT molecular complexity index is 1000. The Kier molecular flexibility index (Phi) is 4.64. The van der Waals surface area contributed by atoms with Crippen LogP contribution in [0, 0.1) is 0 Å². The number of thiophene rings is 1. The highest BCUT2D eigenvalue weighted by Crippen LogP contribution is 2.34. The van der Waals surface area contributed by atoms with Gasteiger partial charge in [0.2, 0.25) is 5.95 Å². The van der Waals surface area contributed by atoms with Crippen molar-refractivity contribution in [2.75, 3.05) is 5.32 Å². The predicted octanol–water partition coefficient (Wildman–Crippen LogP) is 4.70.